The third kappa shape index (κ3) is 2.49. The zero-order valence-corrected chi connectivity index (χ0v) is 8.76. The Bertz CT molecular complexity index is 334. The molecule has 0 saturated heterocycles. The summed E-state index contributed by atoms with van der Waals surface area (Å²) in [5, 5.41) is 2.82. The number of methoxy groups -OCH3 is 1. The first-order valence-electron chi connectivity index (χ1n) is 4.62. The van der Waals surface area contributed by atoms with Gasteiger partial charge in [-0.2, -0.15) is 0 Å². The Labute approximate surface area is 84.1 Å². The molecule has 1 N–H and O–H groups in total. The average molecular weight is 193 g/mol. The lowest BCUT2D eigenvalue weighted by Crippen LogP contribution is -2.10. The molecule has 0 radical (unpaired) electrons. The zero-order valence-electron chi connectivity index (χ0n) is 8.76. The van der Waals surface area contributed by atoms with E-state index >= 15 is 0 Å². The van der Waals surface area contributed by atoms with Crippen LogP contribution in [0.1, 0.15) is 18.9 Å². The predicted octanol–water partition coefficient (Wildman–Crippen LogP) is 2.35. The van der Waals surface area contributed by atoms with Crippen LogP contribution in [0.15, 0.2) is 18.2 Å². The first-order chi connectivity index (χ1) is 6.67. The minimum atomic E-state index is 0.0262. The highest BCUT2D eigenvalue weighted by Crippen LogP contribution is 2.20. The molecule has 0 fully saturated rings. The van der Waals surface area contributed by atoms with Crippen LogP contribution in [0.2, 0.25) is 0 Å². The Morgan fingerprint density at radius 1 is 1.50 bits per heavy atom. The average Bonchev–Trinajstić information content (AvgIpc) is 2.20. The van der Waals surface area contributed by atoms with Gasteiger partial charge in [-0.25, -0.2) is 0 Å². The number of carbonyl (C=O) groups excluding carboxylic acids is 1. The molecular weight excluding hydrogens is 178 g/mol. The van der Waals surface area contributed by atoms with E-state index < -0.39 is 0 Å². The second kappa shape index (κ2) is 4.65. The minimum absolute atomic E-state index is 0.0262. The van der Waals surface area contributed by atoms with E-state index in [0.717, 1.165) is 17.0 Å². The molecule has 1 aromatic carbocycles. The Morgan fingerprint density at radius 2 is 2.21 bits per heavy atom. The fourth-order valence-corrected chi connectivity index (χ4v) is 1.14. The van der Waals surface area contributed by atoms with Gasteiger partial charge in [0.15, 0.2) is 0 Å². The Kier molecular flexibility index (Phi) is 3.51. The summed E-state index contributed by atoms with van der Waals surface area (Å²) in [5.41, 5.74) is 1.85. The van der Waals surface area contributed by atoms with E-state index in [1.807, 2.05) is 32.0 Å². The topological polar surface area (TPSA) is 38.3 Å². The largest absolute Gasteiger partial charge is 0.497 e. The van der Waals surface area contributed by atoms with Gasteiger partial charge in [0.2, 0.25) is 5.91 Å². The van der Waals surface area contributed by atoms with Crippen LogP contribution in [0, 0.1) is 6.92 Å². The number of nitrogens with one attached hydrogen (secondary N) is 1. The number of ether oxygens (including phenoxy) is 1. The molecule has 0 aromatic heterocycles. The van der Waals surface area contributed by atoms with Crippen LogP contribution in [0.5, 0.6) is 5.75 Å². The van der Waals surface area contributed by atoms with Gasteiger partial charge in [-0.05, 0) is 30.7 Å². The maximum atomic E-state index is 11.1. The van der Waals surface area contributed by atoms with Gasteiger partial charge in [0.1, 0.15) is 5.75 Å². The van der Waals surface area contributed by atoms with Crippen LogP contribution in [0.4, 0.5) is 5.69 Å². The van der Waals surface area contributed by atoms with E-state index in [1.165, 1.54) is 0 Å². The number of rotatable bonds is 3. The van der Waals surface area contributed by atoms with E-state index in [4.69, 9.17) is 4.74 Å². The summed E-state index contributed by atoms with van der Waals surface area (Å²) in [6.07, 6.45) is 0.492. The third-order valence-corrected chi connectivity index (χ3v) is 2.03. The standard InChI is InChI=1S/C11H15NO2/c1-4-11(13)12-10-6-5-9(14-3)7-8(10)2/h5-7H,4H2,1-3H3,(H,12,13). The summed E-state index contributed by atoms with van der Waals surface area (Å²) >= 11 is 0. The lowest BCUT2D eigenvalue weighted by atomic mass is 10.2. The fourth-order valence-electron chi connectivity index (χ4n) is 1.14. The molecule has 0 atom stereocenters. The van der Waals surface area contributed by atoms with Crippen LogP contribution in [0.25, 0.3) is 0 Å². The van der Waals surface area contributed by atoms with Gasteiger partial charge in [0.05, 0.1) is 7.11 Å². The molecule has 0 aliphatic rings. The number of anilines is 1. The molecule has 0 unspecified atom stereocenters. The molecule has 1 amide bonds. The van der Waals surface area contributed by atoms with Crippen LogP contribution in [-0.2, 0) is 4.79 Å². The van der Waals surface area contributed by atoms with Crippen LogP contribution < -0.4 is 10.1 Å². The maximum absolute atomic E-state index is 11.1. The highest BCUT2D eigenvalue weighted by atomic mass is 16.5. The van der Waals surface area contributed by atoms with E-state index in [2.05, 4.69) is 5.32 Å². The third-order valence-electron chi connectivity index (χ3n) is 2.03. The second-order valence-electron chi connectivity index (χ2n) is 3.08. The van der Waals surface area contributed by atoms with Crippen molar-refractivity contribution in [2.75, 3.05) is 12.4 Å². The number of hydrogen-bond donors (Lipinski definition) is 1. The summed E-state index contributed by atoms with van der Waals surface area (Å²) in [6, 6.07) is 5.57. The molecule has 76 valence electrons. The number of benzene rings is 1. The molecule has 0 aliphatic heterocycles. The summed E-state index contributed by atoms with van der Waals surface area (Å²) in [7, 11) is 1.62. The van der Waals surface area contributed by atoms with Crippen molar-refractivity contribution >= 4 is 11.6 Å². The van der Waals surface area contributed by atoms with E-state index in [-0.39, 0.29) is 5.91 Å². The first kappa shape index (κ1) is 10.6. The van der Waals surface area contributed by atoms with E-state index in [0.29, 0.717) is 6.42 Å². The van der Waals surface area contributed by atoms with Gasteiger partial charge in [0, 0.05) is 12.1 Å². The normalized spacial score (nSPS) is 9.64. The van der Waals surface area contributed by atoms with Crippen molar-refractivity contribution in [1.82, 2.24) is 0 Å². The predicted molar refractivity (Wildman–Crippen MR) is 56.7 cm³/mol. The van der Waals surface area contributed by atoms with Crippen LogP contribution in [-0.4, -0.2) is 13.0 Å². The second-order valence-corrected chi connectivity index (χ2v) is 3.08. The number of carbonyl (C=O) groups is 1. The van der Waals surface area contributed by atoms with Gasteiger partial charge in [-0.3, -0.25) is 4.79 Å². The Balaban J connectivity index is 2.83. The van der Waals surface area contributed by atoms with Crippen molar-refractivity contribution in [3.8, 4) is 5.75 Å². The molecule has 0 spiro atoms. The van der Waals surface area contributed by atoms with Crippen LogP contribution >= 0.6 is 0 Å². The summed E-state index contributed by atoms with van der Waals surface area (Å²) in [4.78, 5) is 11.1. The molecule has 1 aromatic rings. The Hall–Kier alpha value is -1.51. The number of hydrogen-bond acceptors (Lipinski definition) is 2. The first-order valence-corrected chi connectivity index (χ1v) is 4.62. The van der Waals surface area contributed by atoms with Gasteiger partial charge in [0.25, 0.3) is 0 Å². The van der Waals surface area contributed by atoms with Crippen molar-refractivity contribution in [2.24, 2.45) is 0 Å². The van der Waals surface area contributed by atoms with Crippen molar-refractivity contribution < 1.29 is 9.53 Å². The van der Waals surface area contributed by atoms with Crippen LogP contribution in [0.3, 0.4) is 0 Å². The van der Waals surface area contributed by atoms with Crippen molar-refractivity contribution in [1.29, 1.82) is 0 Å². The SMILES string of the molecule is CCC(=O)Nc1ccc(OC)cc1C. The minimum Gasteiger partial charge on any atom is -0.497 e. The molecule has 14 heavy (non-hydrogen) atoms. The quantitative estimate of drug-likeness (QED) is 0.800. The van der Waals surface area contributed by atoms with E-state index in [1.54, 1.807) is 7.11 Å². The monoisotopic (exact) mass is 193 g/mol. The zero-order chi connectivity index (χ0) is 10.6. The maximum Gasteiger partial charge on any atom is 0.224 e. The van der Waals surface area contributed by atoms with Gasteiger partial charge in [-0.1, -0.05) is 6.92 Å². The smallest absolute Gasteiger partial charge is 0.224 e. The lowest BCUT2D eigenvalue weighted by Gasteiger charge is -2.08. The molecule has 0 heterocycles. The number of aryl methyl sites for hydroxylation is 1. The van der Waals surface area contributed by atoms with Gasteiger partial charge in [-0.15, -0.1) is 0 Å². The van der Waals surface area contributed by atoms with Crippen molar-refractivity contribution in [2.45, 2.75) is 20.3 Å². The molecule has 1 rings (SSSR count). The summed E-state index contributed by atoms with van der Waals surface area (Å²) in [5.74, 6) is 0.829. The highest BCUT2D eigenvalue weighted by molar-refractivity contribution is 5.91. The van der Waals surface area contributed by atoms with Crippen molar-refractivity contribution in [3.63, 3.8) is 0 Å². The summed E-state index contributed by atoms with van der Waals surface area (Å²) < 4.78 is 5.07. The summed E-state index contributed by atoms with van der Waals surface area (Å²) in [6.45, 7) is 3.77. The highest BCUT2D eigenvalue weighted by Gasteiger charge is 2.02. The molecule has 0 aliphatic carbocycles. The lowest BCUT2D eigenvalue weighted by molar-refractivity contribution is -0.115. The van der Waals surface area contributed by atoms with E-state index in [9.17, 15) is 4.79 Å². The molecule has 0 saturated carbocycles. The Morgan fingerprint density at radius 3 is 2.71 bits per heavy atom. The molecule has 0 bridgehead atoms. The van der Waals surface area contributed by atoms with Gasteiger partial charge < -0.3 is 10.1 Å². The molecular formula is C11H15NO2. The molecule has 3 heteroatoms. The fraction of sp³-hybridized carbons (Fsp3) is 0.364. The van der Waals surface area contributed by atoms with Crippen molar-refractivity contribution in [3.05, 3.63) is 23.8 Å². The van der Waals surface area contributed by atoms with Gasteiger partial charge >= 0.3 is 0 Å². The number of amides is 1. The molecule has 3 nitrogen and oxygen atoms in total.